The van der Waals surface area contributed by atoms with Gasteiger partial charge in [0.1, 0.15) is 11.6 Å². The number of morpholine rings is 1. The van der Waals surface area contributed by atoms with Crippen LogP contribution in [0.15, 0.2) is 24.3 Å². The van der Waals surface area contributed by atoms with Crippen molar-refractivity contribution in [2.45, 2.75) is 0 Å². The molecule has 0 aliphatic carbocycles. The molecule has 1 N–H and O–H groups in total. The number of nitrogens with one attached hydrogen (secondary N) is 1. The highest BCUT2D eigenvalue weighted by Crippen LogP contribution is 2.10. The summed E-state index contributed by atoms with van der Waals surface area (Å²) in [5.41, 5.74) is 0. The van der Waals surface area contributed by atoms with Crippen LogP contribution in [0.3, 0.4) is 0 Å². The fraction of sp³-hybridized carbons (Fsp3) is 0.500. The Morgan fingerprint density at radius 3 is 2.62 bits per heavy atom. The fourth-order valence-corrected chi connectivity index (χ4v) is 1.91. The minimum Gasteiger partial charge on any atom is -0.484 e. The van der Waals surface area contributed by atoms with Crippen molar-refractivity contribution in [1.82, 2.24) is 10.2 Å². The van der Waals surface area contributed by atoms with Gasteiger partial charge >= 0.3 is 0 Å². The van der Waals surface area contributed by atoms with E-state index in [1.807, 2.05) is 0 Å². The first-order chi connectivity index (χ1) is 9.74. The molecule has 0 radical (unpaired) electrons. The summed E-state index contributed by atoms with van der Waals surface area (Å²) < 4.78 is 23.2. The zero-order valence-corrected chi connectivity index (χ0v) is 12.5. The van der Waals surface area contributed by atoms with Gasteiger partial charge in [-0.25, -0.2) is 4.39 Å². The molecular weight excluding hydrogens is 299 g/mol. The molecule has 1 fully saturated rings. The molecular formula is C14H20ClFN2O3. The Labute approximate surface area is 129 Å². The molecule has 1 aromatic rings. The van der Waals surface area contributed by atoms with Crippen molar-refractivity contribution in [2.75, 3.05) is 46.0 Å². The number of ether oxygens (including phenoxy) is 2. The first kappa shape index (κ1) is 17.7. The van der Waals surface area contributed by atoms with E-state index in [1.165, 1.54) is 24.3 Å². The van der Waals surface area contributed by atoms with Crippen molar-refractivity contribution in [3.05, 3.63) is 30.1 Å². The maximum absolute atomic E-state index is 12.7. The molecule has 1 aliphatic heterocycles. The fourth-order valence-electron chi connectivity index (χ4n) is 1.91. The van der Waals surface area contributed by atoms with E-state index in [1.54, 1.807) is 0 Å². The first-order valence-corrected chi connectivity index (χ1v) is 6.69. The molecule has 2 rings (SSSR count). The molecule has 0 saturated carbocycles. The second-order valence-electron chi connectivity index (χ2n) is 4.55. The second kappa shape index (κ2) is 9.55. The summed E-state index contributed by atoms with van der Waals surface area (Å²) in [5.74, 6) is -0.0235. The molecule has 1 amide bonds. The van der Waals surface area contributed by atoms with Crippen LogP contribution in [0.2, 0.25) is 0 Å². The maximum atomic E-state index is 12.7. The van der Waals surface area contributed by atoms with Gasteiger partial charge in [-0.05, 0) is 24.3 Å². The quantitative estimate of drug-likeness (QED) is 0.852. The maximum Gasteiger partial charge on any atom is 0.257 e. The van der Waals surface area contributed by atoms with Crippen LogP contribution in [-0.2, 0) is 9.53 Å². The van der Waals surface area contributed by atoms with Crippen LogP contribution in [0.1, 0.15) is 0 Å². The highest BCUT2D eigenvalue weighted by molar-refractivity contribution is 5.85. The summed E-state index contributed by atoms with van der Waals surface area (Å²) >= 11 is 0. The zero-order chi connectivity index (χ0) is 14.2. The number of carbonyl (C=O) groups excluding carboxylic acids is 1. The van der Waals surface area contributed by atoms with E-state index in [0.717, 1.165) is 32.8 Å². The third-order valence-corrected chi connectivity index (χ3v) is 3.04. The van der Waals surface area contributed by atoms with E-state index in [4.69, 9.17) is 9.47 Å². The molecule has 7 heteroatoms. The molecule has 1 aromatic carbocycles. The zero-order valence-electron chi connectivity index (χ0n) is 11.7. The van der Waals surface area contributed by atoms with E-state index in [-0.39, 0.29) is 30.7 Å². The summed E-state index contributed by atoms with van der Waals surface area (Å²) in [7, 11) is 0. The highest BCUT2D eigenvalue weighted by atomic mass is 35.5. The van der Waals surface area contributed by atoms with Gasteiger partial charge < -0.3 is 14.8 Å². The molecule has 1 heterocycles. The Kier molecular flexibility index (Phi) is 8.04. The van der Waals surface area contributed by atoms with Crippen LogP contribution in [0.4, 0.5) is 4.39 Å². The molecule has 5 nitrogen and oxygen atoms in total. The van der Waals surface area contributed by atoms with Gasteiger partial charge in [0.25, 0.3) is 5.91 Å². The average molecular weight is 319 g/mol. The summed E-state index contributed by atoms with van der Waals surface area (Å²) in [6.07, 6.45) is 0. The second-order valence-corrected chi connectivity index (χ2v) is 4.55. The Balaban J connectivity index is 0.00000220. The predicted molar refractivity (Wildman–Crippen MR) is 79.4 cm³/mol. The monoisotopic (exact) mass is 318 g/mol. The third-order valence-electron chi connectivity index (χ3n) is 3.04. The Morgan fingerprint density at radius 1 is 1.29 bits per heavy atom. The average Bonchev–Trinajstić information content (AvgIpc) is 2.48. The van der Waals surface area contributed by atoms with Gasteiger partial charge in [-0.2, -0.15) is 0 Å². The molecule has 0 unspecified atom stereocenters. The van der Waals surface area contributed by atoms with E-state index in [2.05, 4.69) is 10.2 Å². The lowest BCUT2D eigenvalue weighted by Gasteiger charge is -2.26. The molecule has 118 valence electrons. The number of amides is 1. The molecule has 0 bridgehead atoms. The lowest BCUT2D eigenvalue weighted by Crippen LogP contribution is -2.42. The number of nitrogens with zero attached hydrogens (tertiary/aromatic N) is 1. The van der Waals surface area contributed by atoms with E-state index in [0.29, 0.717) is 12.3 Å². The van der Waals surface area contributed by atoms with Crippen molar-refractivity contribution in [2.24, 2.45) is 0 Å². The Hall–Kier alpha value is -1.37. The van der Waals surface area contributed by atoms with Gasteiger partial charge in [0, 0.05) is 26.2 Å². The van der Waals surface area contributed by atoms with Crippen LogP contribution in [0.25, 0.3) is 0 Å². The molecule has 1 aliphatic rings. The molecule has 0 spiro atoms. The van der Waals surface area contributed by atoms with E-state index >= 15 is 0 Å². The lowest BCUT2D eigenvalue weighted by molar-refractivity contribution is -0.123. The molecule has 0 atom stereocenters. The number of hydrogen-bond donors (Lipinski definition) is 1. The van der Waals surface area contributed by atoms with Crippen LogP contribution in [-0.4, -0.2) is 56.8 Å². The van der Waals surface area contributed by atoms with Crippen LogP contribution in [0, 0.1) is 5.82 Å². The van der Waals surface area contributed by atoms with Gasteiger partial charge in [0.05, 0.1) is 13.2 Å². The van der Waals surface area contributed by atoms with Gasteiger partial charge in [0.2, 0.25) is 0 Å². The number of benzene rings is 1. The van der Waals surface area contributed by atoms with Crippen LogP contribution >= 0.6 is 12.4 Å². The highest BCUT2D eigenvalue weighted by Gasteiger charge is 2.10. The van der Waals surface area contributed by atoms with E-state index < -0.39 is 0 Å². The van der Waals surface area contributed by atoms with Crippen molar-refractivity contribution >= 4 is 18.3 Å². The van der Waals surface area contributed by atoms with Crippen molar-refractivity contribution in [3.8, 4) is 5.75 Å². The minimum atomic E-state index is -0.327. The first-order valence-electron chi connectivity index (χ1n) is 6.69. The van der Waals surface area contributed by atoms with Crippen molar-refractivity contribution in [1.29, 1.82) is 0 Å². The predicted octanol–water partition coefficient (Wildman–Crippen LogP) is 1.07. The number of halogens is 2. The summed E-state index contributed by atoms with van der Waals surface area (Å²) in [6, 6.07) is 5.59. The smallest absolute Gasteiger partial charge is 0.257 e. The molecule has 0 aromatic heterocycles. The Bertz CT molecular complexity index is 425. The summed E-state index contributed by atoms with van der Waals surface area (Å²) in [6.45, 7) is 4.65. The number of carbonyl (C=O) groups is 1. The standard InChI is InChI=1S/C14H19FN2O3.ClH/c15-12-1-3-13(4-2-12)20-11-14(18)16-5-6-17-7-9-19-10-8-17;/h1-4H,5-11H2,(H,16,18);1H. The van der Waals surface area contributed by atoms with Crippen molar-refractivity contribution in [3.63, 3.8) is 0 Å². The minimum absolute atomic E-state index is 0. The van der Waals surface area contributed by atoms with Gasteiger partial charge in [-0.15, -0.1) is 12.4 Å². The SMILES string of the molecule is Cl.O=C(COc1ccc(F)cc1)NCCN1CCOCC1. The normalized spacial score (nSPS) is 15.1. The van der Waals surface area contributed by atoms with Crippen LogP contribution < -0.4 is 10.1 Å². The van der Waals surface area contributed by atoms with E-state index in [9.17, 15) is 9.18 Å². The number of rotatable bonds is 6. The topological polar surface area (TPSA) is 50.8 Å². The van der Waals surface area contributed by atoms with Gasteiger partial charge in [-0.1, -0.05) is 0 Å². The van der Waals surface area contributed by atoms with Crippen molar-refractivity contribution < 1.29 is 18.7 Å². The van der Waals surface area contributed by atoms with Gasteiger partial charge in [-0.3, -0.25) is 9.69 Å². The number of hydrogen-bond acceptors (Lipinski definition) is 4. The summed E-state index contributed by atoms with van der Waals surface area (Å²) in [5, 5.41) is 2.79. The molecule has 21 heavy (non-hydrogen) atoms. The lowest BCUT2D eigenvalue weighted by atomic mass is 10.3. The van der Waals surface area contributed by atoms with Gasteiger partial charge in [0.15, 0.2) is 6.61 Å². The Morgan fingerprint density at radius 2 is 1.95 bits per heavy atom. The summed E-state index contributed by atoms with van der Waals surface area (Å²) in [4.78, 5) is 13.8. The largest absolute Gasteiger partial charge is 0.484 e. The molecule has 1 saturated heterocycles. The van der Waals surface area contributed by atoms with Crippen LogP contribution in [0.5, 0.6) is 5.75 Å². The third kappa shape index (κ3) is 6.75.